The van der Waals surface area contributed by atoms with Crippen LogP contribution in [0.2, 0.25) is 0 Å². The third-order valence-electron chi connectivity index (χ3n) is 3.84. The molecule has 2 heterocycles. The fourth-order valence-electron chi connectivity index (χ4n) is 2.66. The minimum atomic E-state index is 0.0547. The van der Waals surface area contributed by atoms with Gasteiger partial charge in [-0.1, -0.05) is 6.92 Å². The Bertz CT molecular complexity index is 229. The van der Waals surface area contributed by atoms with E-state index in [4.69, 9.17) is 9.47 Å². The minimum absolute atomic E-state index is 0.0547. The van der Waals surface area contributed by atoms with Crippen molar-refractivity contribution in [1.29, 1.82) is 0 Å². The topological polar surface area (TPSA) is 33.7 Å². The Morgan fingerprint density at radius 2 is 2.29 bits per heavy atom. The van der Waals surface area contributed by atoms with Crippen molar-refractivity contribution in [2.45, 2.75) is 38.4 Å². The highest BCUT2D eigenvalue weighted by molar-refractivity contribution is 4.83. The molecule has 2 rings (SSSR count). The fourth-order valence-corrected chi connectivity index (χ4v) is 2.66. The van der Waals surface area contributed by atoms with Crippen molar-refractivity contribution in [3.8, 4) is 0 Å². The highest BCUT2D eigenvalue weighted by Gasteiger charge is 2.29. The Morgan fingerprint density at radius 1 is 1.41 bits per heavy atom. The molecule has 0 aliphatic carbocycles. The average Bonchev–Trinajstić information content (AvgIpc) is 2.77. The molecule has 0 radical (unpaired) electrons. The van der Waals surface area contributed by atoms with E-state index in [-0.39, 0.29) is 5.60 Å². The van der Waals surface area contributed by atoms with Gasteiger partial charge in [-0.25, -0.2) is 0 Å². The first kappa shape index (κ1) is 13.3. The first-order chi connectivity index (χ1) is 8.22. The third-order valence-corrected chi connectivity index (χ3v) is 3.84. The Kier molecular flexibility index (Phi) is 4.79. The molecule has 2 aliphatic rings. The maximum atomic E-state index is 5.76. The Labute approximate surface area is 105 Å². The first-order valence-corrected chi connectivity index (χ1v) is 6.90. The molecule has 2 unspecified atom stereocenters. The highest BCUT2D eigenvalue weighted by atomic mass is 16.5. The summed E-state index contributed by atoms with van der Waals surface area (Å²) >= 11 is 0. The van der Waals surface area contributed by atoms with Crippen LogP contribution in [0.5, 0.6) is 0 Å². The number of hydrogen-bond acceptors (Lipinski definition) is 4. The van der Waals surface area contributed by atoms with Crippen molar-refractivity contribution < 1.29 is 9.47 Å². The van der Waals surface area contributed by atoms with E-state index in [1.54, 1.807) is 0 Å². The van der Waals surface area contributed by atoms with Gasteiger partial charge in [-0.15, -0.1) is 0 Å². The molecule has 100 valence electrons. The largest absolute Gasteiger partial charge is 0.374 e. The van der Waals surface area contributed by atoms with E-state index in [0.717, 1.165) is 45.9 Å². The van der Waals surface area contributed by atoms with Gasteiger partial charge >= 0.3 is 0 Å². The summed E-state index contributed by atoms with van der Waals surface area (Å²) in [5.41, 5.74) is 0.0547. The van der Waals surface area contributed by atoms with Gasteiger partial charge in [0.05, 0.1) is 18.3 Å². The predicted molar refractivity (Wildman–Crippen MR) is 68.3 cm³/mol. The summed E-state index contributed by atoms with van der Waals surface area (Å²) in [5, 5.41) is 3.51. The van der Waals surface area contributed by atoms with Gasteiger partial charge in [0.25, 0.3) is 0 Å². The van der Waals surface area contributed by atoms with Crippen molar-refractivity contribution in [1.82, 2.24) is 10.2 Å². The molecule has 0 spiro atoms. The van der Waals surface area contributed by atoms with E-state index in [1.165, 1.54) is 12.8 Å². The van der Waals surface area contributed by atoms with E-state index in [2.05, 4.69) is 24.1 Å². The molecule has 0 aromatic carbocycles. The van der Waals surface area contributed by atoms with Gasteiger partial charge < -0.3 is 14.8 Å². The van der Waals surface area contributed by atoms with Crippen LogP contribution in [-0.2, 0) is 9.47 Å². The maximum absolute atomic E-state index is 5.76. The predicted octanol–water partition coefficient (Wildman–Crippen LogP) is 0.866. The van der Waals surface area contributed by atoms with Crippen molar-refractivity contribution >= 4 is 0 Å². The summed E-state index contributed by atoms with van der Waals surface area (Å²) < 4.78 is 11.5. The van der Waals surface area contributed by atoms with Crippen LogP contribution in [0.15, 0.2) is 0 Å². The van der Waals surface area contributed by atoms with Crippen LogP contribution >= 0.6 is 0 Å². The van der Waals surface area contributed by atoms with Crippen LogP contribution < -0.4 is 5.32 Å². The lowest BCUT2D eigenvalue weighted by Crippen LogP contribution is -2.48. The summed E-state index contributed by atoms with van der Waals surface area (Å²) in [7, 11) is 0. The number of ether oxygens (including phenoxy) is 2. The lowest BCUT2D eigenvalue weighted by atomic mass is 10.0. The molecule has 4 heteroatoms. The number of nitrogens with zero attached hydrogens (tertiary/aromatic N) is 1. The monoisotopic (exact) mass is 242 g/mol. The molecular weight excluding hydrogens is 216 g/mol. The van der Waals surface area contributed by atoms with Crippen LogP contribution in [0, 0.1) is 0 Å². The summed E-state index contributed by atoms with van der Waals surface area (Å²) in [4.78, 5) is 2.45. The summed E-state index contributed by atoms with van der Waals surface area (Å²) in [6.07, 6.45) is 2.71. The van der Waals surface area contributed by atoms with Gasteiger partial charge in [0, 0.05) is 32.8 Å². The summed E-state index contributed by atoms with van der Waals surface area (Å²) in [6.45, 7) is 11.3. The van der Waals surface area contributed by atoms with Crippen LogP contribution in [0.1, 0.15) is 26.7 Å². The molecule has 17 heavy (non-hydrogen) atoms. The maximum Gasteiger partial charge on any atom is 0.0826 e. The van der Waals surface area contributed by atoms with E-state index in [1.807, 2.05) is 0 Å². The number of morpholine rings is 1. The molecule has 2 fully saturated rings. The van der Waals surface area contributed by atoms with Crippen LogP contribution in [0.4, 0.5) is 0 Å². The minimum Gasteiger partial charge on any atom is -0.374 e. The second-order valence-corrected chi connectivity index (χ2v) is 5.42. The van der Waals surface area contributed by atoms with Gasteiger partial charge in [0.1, 0.15) is 0 Å². The van der Waals surface area contributed by atoms with E-state index in [9.17, 15) is 0 Å². The zero-order valence-corrected chi connectivity index (χ0v) is 11.2. The Hall–Kier alpha value is -0.160. The zero-order chi connectivity index (χ0) is 12.1. The van der Waals surface area contributed by atoms with Crippen molar-refractivity contribution in [2.24, 2.45) is 0 Å². The second kappa shape index (κ2) is 6.14. The smallest absolute Gasteiger partial charge is 0.0826 e. The number of nitrogens with one attached hydrogen (secondary N) is 1. The molecule has 2 saturated heterocycles. The second-order valence-electron chi connectivity index (χ2n) is 5.42. The molecule has 0 amide bonds. The van der Waals surface area contributed by atoms with Gasteiger partial charge in [-0.2, -0.15) is 0 Å². The van der Waals surface area contributed by atoms with Crippen LogP contribution in [0.3, 0.4) is 0 Å². The third kappa shape index (κ3) is 3.91. The lowest BCUT2D eigenvalue weighted by molar-refractivity contribution is -0.0302. The van der Waals surface area contributed by atoms with Gasteiger partial charge in [-0.3, -0.25) is 4.90 Å². The Balaban J connectivity index is 1.64. The normalized spacial score (nSPS) is 35.3. The average molecular weight is 242 g/mol. The molecule has 4 nitrogen and oxygen atoms in total. The summed E-state index contributed by atoms with van der Waals surface area (Å²) in [5.74, 6) is 0. The molecule has 1 N–H and O–H groups in total. The first-order valence-electron chi connectivity index (χ1n) is 6.90. The van der Waals surface area contributed by atoms with Gasteiger partial charge in [0.15, 0.2) is 0 Å². The van der Waals surface area contributed by atoms with Crippen molar-refractivity contribution in [3.63, 3.8) is 0 Å². The van der Waals surface area contributed by atoms with Crippen molar-refractivity contribution in [3.05, 3.63) is 0 Å². The zero-order valence-electron chi connectivity index (χ0n) is 11.2. The van der Waals surface area contributed by atoms with E-state index >= 15 is 0 Å². The van der Waals surface area contributed by atoms with Gasteiger partial charge in [-0.05, 0) is 26.3 Å². The standard InChI is InChI=1S/C13H26N2O2/c1-3-15-6-8-16-12(10-15)9-14-11-13(2)5-4-7-17-13/h12,14H,3-11H2,1-2H3. The fraction of sp³-hybridized carbons (Fsp3) is 1.00. The lowest BCUT2D eigenvalue weighted by Gasteiger charge is -2.33. The van der Waals surface area contributed by atoms with Crippen LogP contribution in [0.25, 0.3) is 0 Å². The molecule has 0 aromatic rings. The summed E-state index contributed by atoms with van der Waals surface area (Å²) in [6, 6.07) is 0. The molecular formula is C13H26N2O2. The van der Waals surface area contributed by atoms with Gasteiger partial charge in [0.2, 0.25) is 0 Å². The number of rotatable bonds is 5. The molecule has 0 bridgehead atoms. The quantitative estimate of drug-likeness (QED) is 0.775. The highest BCUT2D eigenvalue weighted by Crippen LogP contribution is 2.23. The van der Waals surface area contributed by atoms with Crippen LogP contribution in [-0.4, -0.2) is 62.5 Å². The number of hydrogen-bond donors (Lipinski definition) is 1. The molecule has 0 saturated carbocycles. The molecule has 0 aromatic heterocycles. The SMILES string of the molecule is CCN1CCOC(CNCC2(C)CCCO2)C1. The molecule has 2 aliphatic heterocycles. The van der Waals surface area contributed by atoms with E-state index < -0.39 is 0 Å². The Morgan fingerprint density at radius 3 is 3.00 bits per heavy atom. The van der Waals surface area contributed by atoms with Crippen molar-refractivity contribution in [2.75, 3.05) is 45.9 Å². The molecule has 2 atom stereocenters. The number of likely N-dealkylation sites (N-methyl/N-ethyl adjacent to an activating group) is 1. The van der Waals surface area contributed by atoms with E-state index in [0.29, 0.717) is 6.10 Å².